The van der Waals surface area contributed by atoms with Crippen LogP contribution in [0.15, 0.2) is 47.5 Å². The quantitative estimate of drug-likeness (QED) is 0.467. The van der Waals surface area contributed by atoms with Gasteiger partial charge in [0, 0.05) is 23.8 Å². The number of imide groups is 1. The Balaban J connectivity index is 1.41. The fourth-order valence-electron chi connectivity index (χ4n) is 3.22. The van der Waals surface area contributed by atoms with Crippen LogP contribution in [0.2, 0.25) is 0 Å². The Bertz CT molecular complexity index is 1000. The van der Waals surface area contributed by atoms with Gasteiger partial charge in [-0.1, -0.05) is 0 Å². The third kappa shape index (κ3) is 5.32. The Hall–Kier alpha value is -3.59. The molecule has 0 spiro atoms. The number of benzene rings is 1. The van der Waals surface area contributed by atoms with Gasteiger partial charge in [-0.3, -0.25) is 19.3 Å². The third-order valence-electron chi connectivity index (χ3n) is 5.02. The highest BCUT2D eigenvalue weighted by molar-refractivity contribution is 6.18. The molecule has 0 aliphatic carbocycles. The van der Waals surface area contributed by atoms with E-state index in [9.17, 15) is 14.4 Å². The molecule has 2 heterocycles. The first kappa shape index (κ1) is 22.1. The number of amides is 3. The summed E-state index contributed by atoms with van der Waals surface area (Å²) in [6.07, 6.45) is 1.14. The fraction of sp³-hybridized carbons (Fsp3) is 0.318. The molecule has 9 nitrogen and oxygen atoms in total. The first-order valence-electron chi connectivity index (χ1n) is 9.91. The zero-order valence-electron chi connectivity index (χ0n) is 17.8. The van der Waals surface area contributed by atoms with Crippen LogP contribution in [-0.2, 0) is 14.4 Å². The Labute approximate surface area is 180 Å². The van der Waals surface area contributed by atoms with E-state index in [0.717, 1.165) is 16.2 Å². The van der Waals surface area contributed by atoms with Crippen molar-refractivity contribution in [1.82, 2.24) is 20.4 Å². The third-order valence-corrected chi connectivity index (χ3v) is 5.02. The number of nitrogens with one attached hydrogen (secondary N) is 2. The Morgan fingerprint density at radius 3 is 2.39 bits per heavy atom. The Morgan fingerprint density at radius 1 is 1.06 bits per heavy atom. The molecule has 0 atom stereocenters. The SMILES string of the molecule is COc1ccc(-c2ccc(NC(=O)CNCCCC3=C(C)C(=O)N(C)C3=O)nn2)cc1. The summed E-state index contributed by atoms with van der Waals surface area (Å²) in [5.74, 6) is 0.399. The molecule has 2 N–H and O–H groups in total. The molecule has 1 aliphatic heterocycles. The zero-order chi connectivity index (χ0) is 22.4. The van der Waals surface area contributed by atoms with Crippen LogP contribution in [-0.4, -0.2) is 60.1 Å². The molecule has 1 aromatic heterocycles. The van der Waals surface area contributed by atoms with E-state index in [2.05, 4.69) is 20.8 Å². The van der Waals surface area contributed by atoms with Gasteiger partial charge in [0.1, 0.15) is 5.75 Å². The lowest BCUT2D eigenvalue weighted by Gasteiger charge is -2.08. The minimum absolute atomic E-state index is 0.104. The van der Waals surface area contributed by atoms with Gasteiger partial charge in [0.05, 0.1) is 19.3 Å². The molecule has 3 amide bonds. The van der Waals surface area contributed by atoms with E-state index in [1.807, 2.05) is 24.3 Å². The zero-order valence-corrected chi connectivity index (χ0v) is 17.8. The van der Waals surface area contributed by atoms with Crippen molar-refractivity contribution in [1.29, 1.82) is 0 Å². The molecule has 0 bridgehead atoms. The molecule has 0 saturated carbocycles. The average Bonchev–Trinajstić information content (AvgIpc) is 2.97. The first-order chi connectivity index (χ1) is 14.9. The molecule has 0 radical (unpaired) electrons. The van der Waals surface area contributed by atoms with Crippen molar-refractivity contribution in [2.24, 2.45) is 0 Å². The maximum Gasteiger partial charge on any atom is 0.256 e. The number of rotatable bonds is 9. The highest BCUT2D eigenvalue weighted by Crippen LogP contribution is 2.22. The number of hydrogen-bond acceptors (Lipinski definition) is 7. The summed E-state index contributed by atoms with van der Waals surface area (Å²) in [6, 6.07) is 10.9. The molecular weight excluding hydrogens is 398 g/mol. The van der Waals surface area contributed by atoms with Gasteiger partial charge >= 0.3 is 0 Å². The number of ether oxygens (including phenoxy) is 1. The summed E-state index contributed by atoms with van der Waals surface area (Å²) >= 11 is 0. The molecule has 31 heavy (non-hydrogen) atoms. The van der Waals surface area contributed by atoms with Gasteiger partial charge in [-0.25, -0.2) is 0 Å². The van der Waals surface area contributed by atoms with Crippen molar-refractivity contribution in [2.45, 2.75) is 19.8 Å². The molecule has 0 unspecified atom stereocenters. The number of likely N-dealkylation sites (N-methyl/N-ethyl adjacent to an activating group) is 1. The lowest BCUT2D eigenvalue weighted by Crippen LogP contribution is -2.29. The van der Waals surface area contributed by atoms with Gasteiger partial charge in [-0.05, 0) is 62.7 Å². The van der Waals surface area contributed by atoms with Crippen molar-refractivity contribution < 1.29 is 19.1 Å². The van der Waals surface area contributed by atoms with Crippen molar-refractivity contribution in [3.05, 3.63) is 47.5 Å². The predicted octanol–water partition coefficient (Wildman–Crippen LogP) is 1.78. The second kappa shape index (κ2) is 9.94. The molecule has 9 heteroatoms. The van der Waals surface area contributed by atoms with Gasteiger partial charge in [0.25, 0.3) is 11.8 Å². The lowest BCUT2D eigenvalue weighted by atomic mass is 10.1. The van der Waals surface area contributed by atoms with E-state index >= 15 is 0 Å². The van der Waals surface area contributed by atoms with Gasteiger partial charge in [0.2, 0.25) is 5.91 Å². The molecule has 1 aliphatic rings. The predicted molar refractivity (Wildman–Crippen MR) is 115 cm³/mol. The molecule has 2 aromatic rings. The number of methoxy groups -OCH3 is 1. The van der Waals surface area contributed by atoms with Crippen molar-refractivity contribution >= 4 is 23.5 Å². The fourth-order valence-corrected chi connectivity index (χ4v) is 3.22. The van der Waals surface area contributed by atoms with Crippen LogP contribution in [0.3, 0.4) is 0 Å². The summed E-state index contributed by atoms with van der Waals surface area (Å²) in [5, 5.41) is 13.9. The van der Waals surface area contributed by atoms with Crippen molar-refractivity contribution in [3.63, 3.8) is 0 Å². The van der Waals surface area contributed by atoms with Crippen LogP contribution in [0.1, 0.15) is 19.8 Å². The van der Waals surface area contributed by atoms with E-state index in [1.165, 1.54) is 7.05 Å². The summed E-state index contributed by atoms with van der Waals surface area (Å²) in [4.78, 5) is 37.0. The van der Waals surface area contributed by atoms with Crippen molar-refractivity contribution in [3.8, 4) is 17.0 Å². The molecule has 0 fully saturated rings. The average molecular weight is 423 g/mol. The van der Waals surface area contributed by atoms with Crippen LogP contribution in [0.5, 0.6) is 5.75 Å². The molecule has 0 saturated heterocycles. The van der Waals surface area contributed by atoms with Gasteiger partial charge in [0.15, 0.2) is 5.82 Å². The van der Waals surface area contributed by atoms with E-state index in [4.69, 9.17) is 4.74 Å². The second-order valence-electron chi connectivity index (χ2n) is 7.13. The minimum Gasteiger partial charge on any atom is -0.497 e. The lowest BCUT2D eigenvalue weighted by molar-refractivity contribution is -0.136. The molecular formula is C22H25N5O4. The van der Waals surface area contributed by atoms with Crippen LogP contribution in [0.4, 0.5) is 5.82 Å². The molecule has 3 rings (SSSR count). The van der Waals surface area contributed by atoms with E-state index < -0.39 is 0 Å². The number of nitrogens with zero attached hydrogens (tertiary/aromatic N) is 3. The summed E-state index contributed by atoms with van der Waals surface area (Å²) < 4.78 is 5.14. The normalized spacial score (nSPS) is 13.7. The highest BCUT2D eigenvalue weighted by Gasteiger charge is 2.32. The van der Waals surface area contributed by atoms with Crippen LogP contribution in [0.25, 0.3) is 11.3 Å². The van der Waals surface area contributed by atoms with Gasteiger partial charge in [-0.2, -0.15) is 0 Å². The monoisotopic (exact) mass is 423 g/mol. The smallest absolute Gasteiger partial charge is 0.256 e. The summed E-state index contributed by atoms with van der Waals surface area (Å²) in [7, 11) is 3.09. The number of carbonyl (C=O) groups excluding carboxylic acids is 3. The maximum absolute atomic E-state index is 12.1. The van der Waals surface area contributed by atoms with E-state index in [0.29, 0.717) is 42.0 Å². The van der Waals surface area contributed by atoms with E-state index in [1.54, 1.807) is 26.2 Å². The topological polar surface area (TPSA) is 114 Å². The van der Waals surface area contributed by atoms with Crippen LogP contribution < -0.4 is 15.4 Å². The van der Waals surface area contributed by atoms with Gasteiger partial charge < -0.3 is 15.4 Å². The summed E-state index contributed by atoms with van der Waals surface area (Å²) in [5.41, 5.74) is 2.63. The largest absolute Gasteiger partial charge is 0.497 e. The standard InChI is InChI=1S/C22H25N5O4/c1-14-17(22(30)27(2)21(14)29)5-4-12-23-13-20(28)24-19-11-10-18(25-26-19)15-6-8-16(31-3)9-7-15/h6-11,23H,4-5,12-13H2,1-3H3,(H,24,26,28). The van der Waals surface area contributed by atoms with Crippen LogP contribution >= 0.6 is 0 Å². The number of anilines is 1. The summed E-state index contributed by atoms with van der Waals surface area (Å²) in [6.45, 7) is 2.31. The highest BCUT2D eigenvalue weighted by atomic mass is 16.5. The minimum atomic E-state index is -0.244. The Morgan fingerprint density at radius 2 is 1.81 bits per heavy atom. The maximum atomic E-state index is 12.1. The van der Waals surface area contributed by atoms with Gasteiger partial charge in [-0.15, -0.1) is 10.2 Å². The second-order valence-corrected chi connectivity index (χ2v) is 7.13. The number of hydrogen-bond donors (Lipinski definition) is 2. The molecule has 1 aromatic carbocycles. The Kier molecular flexibility index (Phi) is 7.09. The molecule has 162 valence electrons. The number of carbonyl (C=O) groups is 3. The van der Waals surface area contributed by atoms with Crippen molar-refractivity contribution in [2.75, 3.05) is 32.6 Å². The first-order valence-corrected chi connectivity index (χ1v) is 9.91. The van der Waals surface area contributed by atoms with Crippen LogP contribution in [0, 0.1) is 0 Å². The van der Waals surface area contributed by atoms with E-state index in [-0.39, 0.29) is 24.3 Å². The number of aromatic nitrogens is 2.